The molecule has 0 aliphatic carbocycles. The van der Waals surface area contributed by atoms with Gasteiger partial charge in [-0.2, -0.15) is 0 Å². The lowest BCUT2D eigenvalue weighted by Crippen LogP contribution is -1.94. The molecular formula is C11H20. The van der Waals surface area contributed by atoms with Crippen molar-refractivity contribution in [2.24, 2.45) is 5.92 Å². The number of hydrogen-bond donors (Lipinski definition) is 0. The van der Waals surface area contributed by atoms with Gasteiger partial charge in [-0.15, -0.1) is 0 Å². The van der Waals surface area contributed by atoms with Crippen LogP contribution in [0, 0.1) is 5.92 Å². The van der Waals surface area contributed by atoms with Crippen LogP contribution in [0.4, 0.5) is 0 Å². The van der Waals surface area contributed by atoms with E-state index >= 15 is 0 Å². The molecule has 0 heterocycles. The molecule has 0 aliphatic heterocycles. The summed E-state index contributed by atoms with van der Waals surface area (Å²) in [6.07, 6.45) is 1.16. The van der Waals surface area contributed by atoms with Gasteiger partial charge in [0.2, 0.25) is 0 Å². The molecule has 0 amide bonds. The van der Waals surface area contributed by atoms with Gasteiger partial charge in [-0.25, -0.2) is 0 Å². The molecule has 0 fully saturated rings. The fraction of sp³-hybridized carbons (Fsp3) is 0.636. The molecule has 0 saturated heterocycles. The molecule has 0 aromatic rings. The van der Waals surface area contributed by atoms with Gasteiger partial charge in [0.25, 0.3) is 0 Å². The summed E-state index contributed by atoms with van der Waals surface area (Å²) < 4.78 is 0. The van der Waals surface area contributed by atoms with Crippen LogP contribution < -0.4 is 0 Å². The second-order valence-corrected chi connectivity index (χ2v) is 3.86. The molecular weight excluding hydrogens is 132 g/mol. The van der Waals surface area contributed by atoms with E-state index in [2.05, 4.69) is 41.2 Å². The summed E-state index contributed by atoms with van der Waals surface area (Å²) >= 11 is 0. The van der Waals surface area contributed by atoms with Crippen molar-refractivity contribution in [2.75, 3.05) is 0 Å². The maximum absolute atomic E-state index is 3.97. The van der Waals surface area contributed by atoms with Gasteiger partial charge in [-0.05, 0) is 38.7 Å². The normalized spacial score (nSPS) is 10.0. The zero-order valence-corrected chi connectivity index (χ0v) is 8.49. The van der Waals surface area contributed by atoms with E-state index in [4.69, 9.17) is 0 Å². The molecule has 11 heavy (non-hydrogen) atoms. The van der Waals surface area contributed by atoms with Crippen LogP contribution in [-0.2, 0) is 0 Å². The Bertz CT molecular complexity index is 166. The Hall–Kier alpha value is -0.520. The first-order valence-electron chi connectivity index (χ1n) is 4.27. The maximum Gasteiger partial charge on any atom is -0.0254 e. The van der Waals surface area contributed by atoms with E-state index in [1.807, 2.05) is 0 Å². The van der Waals surface area contributed by atoms with E-state index in [0.29, 0.717) is 0 Å². The predicted octanol–water partition coefficient (Wildman–Crippen LogP) is 3.95. The van der Waals surface area contributed by atoms with Crippen LogP contribution in [0.1, 0.15) is 41.0 Å². The maximum atomic E-state index is 3.97. The molecule has 0 aromatic heterocycles. The zero-order valence-electron chi connectivity index (χ0n) is 8.49. The Labute approximate surface area is 71.0 Å². The molecule has 64 valence electrons. The fourth-order valence-corrected chi connectivity index (χ4v) is 1.21. The topological polar surface area (TPSA) is 0 Å². The first-order chi connectivity index (χ1) is 4.95. The van der Waals surface area contributed by atoms with Crippen LogP contribution in [-0.4, -0.2) is 0 Å². The summed E-state index contributed by atoms with van der Waals surface area (Å²) in [6, 6.07) is 0. The zero-order chi connectivity index (χ0) is 9.02. The van der Waals surface area contributed by atoms with Crippen LogP contribution in [0.25, 0.3) is 0 Å². The third-order valence-corrected chi connectivity index (χ3v) is 1.73. The summed E-state index contributed by atoms with van der Waals surface area (Å²) in [6.45, 7) is 14.9. The van der Waals surface area contributed by atoms with Crippen LogP contribution in [0.2, 0.25) is 0 Å². The molecule has 0 aliphatic rings. The Morgan fingerprint density at radius 3 is 1.73 bits per heavy atom. The third kappa shape index (κ3) is 4.02. The van der Waals surface area contributed by atoms with E-state index in [1.54, 1.807) is 0 Å². The van der Waals surface area contributed by atoms with E-state index in [0.717, 1.165) is 12.3 Å². The highest BCUT2D eigenvalue weighted by Crippen LogP contribution is 2.20. The Balaban J connectivity index is 4.39. The first kappa shape index (κ1) is 10.5. The molecule has 0 atom stereocenters. The molecule has 0 rings (SSSR count). The van der Waals surface area contributed by atoms with Crippen LogP contribution in [0.5, 0.6) is 0 Å². The van der Waals surface area contributed by atoms with Gasteiger partial charge in [0.15, 0.2) is 0 Å². The standard InChI is InChI=1S/C11H20/c1-8(2)7-11(9(3)4)10(5)6/h8H,3,7H2,1-2,4-6H3. The molecule has 0 heteroatoms. The summed E-state index contributed by atoms with van der Waals surface area (Å²) in [5.74, 6) is 0.733. The summed E-state index contributed by atoms with van der Waals surface area (Å²) in [4.78, 5) is 0. The third-order valence-electron chi connectivity index (χ3n) is 1.73. The van der Waals surface area contributed by atoms with Gasteiger partial charge in [0, 0.05) is 0 Å². The Morgan fingerprint density at radius 1 is 1.18 bits per heavy atom. The van der Waals surface area contributed by atoms with Crippen LogP contribution in [0.15, 0.2) is 23.3 Å². The monoisotopic (exact) mass is 152 g/mol. The van der Waals surface area contributed by atoms with Gasteiger partial charge in [0.05, 0.1) is 0 Å². The molecule has 0 bridgehead atoms. The molecule has 0 nitrogen and oxygen atoms in total. The van der Waals surface area contributed by atoms with Crippen LogP contribution in [0.3, 0.4) is 0 Å². The second-order valence-electron chi connectivity index (χ2n) is 3.86. The second kappa shape index (κ2) is 4.38. The van der Waals surface area contributed by atoms with E-state index in [9.17, 15) is 0 Å². The highest BCUT2D eigenvalue weighted by Gasteiger charge is 2.02. The minimum atomic E-state index is 0.733. The Morgan fingerprint density at radius 2 is 1.64 bits per heavy atom. The predicted molar refractivity (Wildman–Crippen MR) is 52.6 cm³/mol. The SMILES string of the molecule is C=C(C)C(CC(C)C)=C(C)C. The van der Waals surface area contributed by atoms with Gasteiger partial charge >= 0.3 is 0 Å². The van der Waals surface area contributed by atoms with Crippen molar-refractivity contribution in [3.8, 4) is 0 Å². The fourth-order valence-electron chi connectivity index (χ4n) is 1.21. The summed E-state index contributed by atoms with van der Waals surface area (Å²) in [5.41, 5.74) is 4.07. The van der Waals surface area contributed by atoms with Crippen molar-refractivity contribution < 1.29 is 0 Å². The molecule has 0 spiro atoms. The van der Waals surface area contributed by atoms with Crippen molar-refractivity contribution in [3.63, 3.8) is 0 Å². The molecule has 0 aromatic carbocycles. The van der Waals surface area contributed by atoms with Crippen molar-refractivity contribution in [2.45, 2.75) is 41.0 Å². The highest BCUT2D eigenvalue weighted by molar-refractivity contribution is 5.30. The lowest BCUT2D eigenvalue weighted by Gasteiger charge is -2.11. The van der Waals surface area contributed by atoms with E-state index < -0.39 is 0 Å². The van der Waals surface area contributed by atoms with Crippen LogP contribution >= 0.6 is 0 Å². The lowest BCUT2D eigenvalue weighted by molar-refractivity contribution is 0.642. The minimum Gasteiger partial charge on any atom is -0.0958 e. The van der Waals surface area contributed by atoms with Gasteiger partial charge in [-0.3, -0.25) is 0 Å². The largest absolute Gasteiger partial charge is 0.0958 e. The first-order valence-corrected chi connectivity index (χ1v) is 4.27. The minimum absolute atomic E-state index is 0.733. The molecule has 0 radical (unpaired) electrons. The smallest absolute Gasteiger partial charge is 0.0254 e. The number of hydrogen-bond acceptors (Lipinski definition) is 0. The van der Waals surface area contributed by atoms with Crippen molar-refractivity contribution in [1.82, 2.24) is 0 Å². The molecule has 0 unspecified atom stereocenters. The van der Waals surface area contributed by atoms with Crippen molar-refractivity contribution in [1.29, 1.82) is 0 Å². The van der Waals surface area contributed by atoms with Gasteiger partial charge in [0.1, 0.15) is 0 Å². The number of rotatable bonds is 3. The lowest BCUT2D eigenvalue weighted by atomic mass is 9.95. The molecule has 0 N–H and O–H groups in total. The van der Waals surface area contributed by atoms with E-state index in [-0.39, 0.29) is 0 Å². The summed E-state index contributed by atoms with van der Waals surface area (Å²) in [5, 5.41) is 0. The van der Waals surface area contributed by atoms with Gasteiger partial charge in [-0.1, -0.05) is 31.6 Å². The quantitative estimate of drug-likeness (QED) is 0.537. The summed E-state index contributed by atoms with van der Waals surface area (Å²) in [7, 11) is 0. The average Bonchev–Trinajstić information content (AvgIpc) is 1.81. The Kier molecular flexibility index (Phi) is 4.17. The van der Waals surface area contributed by atoms with Crippen molar-refractivity contribution in [3.05, 3.63) is 23.3 Å². The average molecular weight is 152 g/mol. The highest BCUT2D eigenvalue weighted by atomic mass is 14.1. The van der Waals surface area contributed by atoms with Gasteiger partial charge < -0.3 is 0 Å². The number of allylic oxidation sites excluding steroid dienone is 3. The van der Waals surface area contributed by atoms with Crippen molar-refractivity contribution >= 4 is 0 Å². The molecule has 0 saturated carbocycles. The van der Waals surface area contributed by atoms with E-state index in [1.165, 1.54) is 16.7 Å².